The number of carbonyl (C=O) groups excluding carboxylic acids is 2. The van der Waals surface area contributed by atoms with E-state index in [1.54, 1.807) is 37.4 Å². The SMILES string of the molecule is CN(C)c1cccc(C(=O)Nc2ccc(OC(=O)N(C)c3ccccc3)nc2)c1. The van der Waals surface area contributed by atoms with Crippen LogP contribution in [0.15, 0.2) is 72.9 Å². The van der Waals surface area contributed by atoms with Gasteiger partial charge in [0.25, 0.3) is 5.91 Å². The fourth-order valence-electron chi connectivity index (χ4n) is 2.56. The maximum atomic E-state index is 12.4. The minimum atomic E-state index is -0.555. The van der Waals surface area contributed by atoms with Crippen molar-refractivity contribution in [1.29, 1.82) is 0 Å². The number of aromatic nitrogens is 1. The zero-order chi connectivity index (χ0) is 20.8. The third kappa shape index (κ3) is 5.10. The smallest absolute Gasteiger partial charge is 0.391 e. The van der Waals surface area contributed by atoms with Crippen molar-refractivity contribution in [3.05, 3.63) is 78.5 Å². The molecule has 148 valence electrons. The van der Waals surface area contributed by atoms with Crippen LogP contribution in [0, 0.1) is 0 Å². The number of rotatable bonds is 5. The van der Waals surface area contributed by atoms with Crippen LogP contribution in [0.3, 0.4) is 0 Å². The van der Waals surface area contributed by atoms with Crippen molar-refractivity contribution in [2.45, 2.75) is 0 Å². The van der Waals surface area contributed by atoms with Crippen molar-refractivity contribution in [1.82, 2.24) is 4.98 Å². The Kier molecular flexibility index (Phi) is 6.09. The maximum Gasteiger partial charge on any atom is 0.420 e. The summed E-state index contributed by atoms with van der Waals surface area (Å²) in [5, 5.41) is 2.78. The van der Waals surface area contributed by atoms with Crippen LogP contribution in [-0.4, -0.2) is 38.1 Å². The summed E-state index contributed by atoms with van der Waals surface area (Å²) in [6, 6.07) is 19.6. The highest BCUT2D eigenvalue weighted by molar-refractivity contribution is 6.04. The van der Waals surface area contributed by atoms with Gasteiger partial charge in [0, 0.05) is 44.1 Å². The molecular weight excluding hydrogens is 368 g/mol. The van der Waals surface area contributed by atoms with Gasteiger partial charge in [-0.3, -0.25) is 9.69 Å². The average molecular weight is 390 g/mol. The Morgan fingerprint density at radius 1 is 0.897 bits per heavy atom. The van der Waals surface area contributed by atoms with Crippen molar-refractivity contribution in [3.63, 3.8) is 0 Å². The number of ether oxygens (including phenoxy) is 1. The summed E-state index contributed by atoms with van der Waals surface area (Å²) >= 11 is 0. The molecule has 2 amide bonds. The first-order chi connectivity index (χ1) is 13.9. The average Bonchev–Trinajstić information content (AvgIpc) is 2.75. The molecule has 0 aliphatic heterocycles. The highest BCUT2D eigenvalue weighted by Gasteiger charge is 2.14. The summed E-state index contributed by atoms with van der Waals surface area (Å²) in [7, 11) is 5.44. The minimum Gasteiger partial charge on any atom is -0.391 e. The molecule has 0 fully saturated rings. The molecule has 0 aliphatic carbocycles. The van der Waals surface area contributed by atoms with Gasteiger partial charge in [0.2, 0.25) is 5.88 Å². The van der Waals surface area contributed by atoms with Crippen LogP contribution in [0.2, 0.25) is 0 Å². The molecule has 7 nitrogen and oxygen atoms in total. The molecule has 7 heteroatoms. The summed E-state index contributed by atoms with van der Waals surface area (Å²) in [4.78, 5) is 32.1. The molecule has 0 saturated carbocycles. The van der Waals surface area contributed by atoms with E-state index in [9.17, 15) is 9.59 Å². The summed E-state index contributed by atoms with van der Waals surface area (Å²) in [5.41, 5.74) is 2.68. The Labute approximate surface area is 169 Å². The van der Waals surface area contributed by atoms with Gasteiger partial charge < -0.3 is 15.0 Å². The fourth-order valence-corrected chi connectivity index (χ4v) is 2.56. The molecule has 0 saturated heterocycles. The van der Waals surface area contributed by atoms with Crippen LogP contribution >= 0.6 is 0 Å². The highest BCUT2D eigenvalue weighted by Crippen LogP contribution is 2.18. The molecule has 0 unspecified atom stereocenters. The second-order valence-corrected chi connectivity index (χ2v) is 6.55. The fraction of sp³-hybridized carbons (Fsp3) is 0.136. The number of benzene rings is 2. The van der Waals surface area contributed by atoms with Crippen molar-refractivity contribution < 1.29 is 14.3 Å². The lowest BCUT2D eigenvalue weighted by molar-refractivity contribution is 0.102. The van der Waals surface area contributed by atoms with E-state index in [4.69, 9.17) is 4.74 Å². The normalized spacial score (nSPS) is 10.2. The van der Waals surface area contributed by atoms with Crippen molar-refractivity contribution >= 4 is 29.1 Å². The van der Waals surface area contributed by atoms with Crippen LogP contribution in [-0.2, 0) is 0 Å². The standard InChI is InChI=1S/C22H22N4O3/c1-25(2)19-11-7-8-16(14-19)21(27)24-17-12-13-20(23-15-17)29-22(28)26(3)18-9-5-4-6-10-18/h4-15H,1-3H3,(H,24,27). The Morgan fingerprint density at radius 3 is 2.28 bits per heavy atom. The number of pyridine rings is 1. The molecule has 1 heterocycles. The molecule has 0 aliphatic rings. The van der Waals surface area contributed by atoms with Gasteiger partial charge in [0.1, 0.15) is 0 Å². The zero-order valence-electron chi connectivity index (χ0n) is 16.5. The number of anilines is 3. The van der Waals surface area contributed by atoms with Crippen LogP contribution in [0.4, 0.5) is 21.9 Å². The molecule has 0 bridgehead atoms. The van der Waals surface area contributed by atoms with E-state index in [0.717, 1.165) is 5.69 Å². The maximum absolute atomic E-state index is 12.4. The van der Waals surface area contributed by atoms with E-state index in [1.165, 1.54) is 17.2 Å². The quantitative estimate of drug-likeness (QED) is 0.712. The Bertz CT molecular complexity index is 988. The van der Waals surface area contributed by atoms with Gasteiger partial charge in [-0.25, -0.2) is 9.78 Å². The molecule has 1 N–H and O–H groups in total. The highest BCUT2D eigenvalue weighted by atomic mass is 16.6. The van der Waals surface area contributed by atoms with Crippen molar-refractivity contribution in [3.8, 4) is 5.88 Å². The number of hydrogen-bond acceptors (Lipinski definition) is 5. The number of carbonyl (C=O) groups is 2. The number of nitrogens with zero attached hydrogens (tertiary/aromatic N) is 3. The Morgan fingerprint density at radius 2 is 1.62 bits per heavy atom. The van der Waals surface area contributed by atoms with E-state index in [-0.39, 0.29) is 11.8 Å². The van der Waals surface area contributed by atoms with Gasteiger partial charge in [0.15, 0.2) is 0 Å². The summed E-state index contributed by atoms with van der Waals surface area (Å²) < 4.78 is 5.27. The summed E-state index contributed by atoms with van der Waals surface area (Å²) in [6.07, 6.45) is 0.889. The van der Waals surface area contributed by atoms with E-state index in [0.29, 0.717) is 16.9 Å². The van der Waals surface area contributed by atoms with Gasteiger partial charge >= 0.3 is 6.09 Å². The Hall–Kier alpha value is -3.87. The molecule has 0 spiro atoms. The summed E-state index contributed by atoms with van der Waals surface area (Å²) in [5.74, 6) is -0.102. The lowest BCUT2D eigenvalue weighted by atomic mass is 10.2. The number of nitrogens with one attached hydrogen (secondary N) is 1. The van der Waals surface area contributed by atoms with E-state index < -0.39 is 6.09 Å². The molecular formula is C22H22N4O3. The molecule has 0 atom stereocenters. The van der Waals surface area contributed by atoms with Crippen LogP contribution in [0.25, 0.3) is 0 Å². The van der Waals surface area contributed by atoms with Gasteiger partial charge in [-0.1, -0.05) is 24.3 Å². The largest absolute Gasteiger partial charge is 0.420 e. The topological polar surface area (TPSA) is 74.8 Å². The second-order valence-electron chi connectivity index (χ2n) is 6.55. The lowest BCUT2D eigenvalue weighted by Gasteiger charge is -2.16. The third-order valence-corrected chi connectivity index (χ3v) is 4.23. The number of para-hydroxylation sites is 1. The molecule has 29 heavy (non-hydrogen) atoms. The van der Waals surface area contributed by atoms with E-state index >= 15 is 0 Å². The minimum absolute atomic E-state index is 0.144. The van der Waals surface area contributed by atoms with E-state index in [2.05, 4.69) is 10.3 Å². The van der Waals surface area contributed by atoms with Gasteiger partial charge in [-0.2, -0.15) is 0 Å². The molecule has 3 rings (SSSR count). The van der Waals surface area contributed by atoms with Crippen LogP contribution in [0.1, 0.15) is 10.4 Å². The Balaban J connectivity index is 1.62. The van der Waals surface area contributed by atoms with Gasteiger partial charge in [-0.15, -0.1) is 0 Å². The van der Waals surface area contributed by atoms with Gasteiger partial charge in [-0.05, 0) is 36.4 Å². The van der Waals surface area contributed by atoms with Crippen LogP contribution < -0.4 is 19.9 Å². The van der Waals surface area contributed by atoms with Crippen LogP contribution in [0.5, 0.6) is 5.88 Å². The third-order valence-electron chi connectivity index (χ3n) is 4.23. The first-order valence-electron chi connectivity index (χ1n) is 8.99. The van der Waals surface area contributed by atoms with Crippen molar-refractivity contribution in [2.24, 2.45) is 0 Å². The monoisotopic (exact) mass is 390 g/mol. The predicted octanol–water partition coefficient (Wildman–Crippen LogP) is 4.04. The summed E-state index contributed by atoms with van der Waals surface area (Å²) in [6.45, 7) is 0. The molecule has 2 aromatic carbocycles. The van der Waals surface area contributed by atoms with Crippen molar-refractivity contribution in [2.75, 3.05) is 36.3 Å². The number of hydrogen-bond donors (Lipinski definition) is 1. The second kappa shape index (κ2) is 8.88. The van der Waals surface area contributed by atoms with Gasteiger partial charge in [0.05, 0.1) is 11.9 Å². The first-order valence-corrected chi connectivity index (χ1v) is 8.99. The number of amides is 2. The molecule has 0 radical (unpaired) electrons. The predicted molar refractivity (Wildman–Crippen MR) is 114 cm³/mol. The molecule has 1 aromatic heterocycles. The van der Waals surface area contributed by atoms with E-state index in [1.807, 2.05) is 49.3 Å². The lowest BCUT2D eigenvalue weighted by Crippen LogP contribution is -2.29. The first kappa shape index (κ1) is 19.9. The zero-order valence-corrected chi connectivity index (χ0v) is 16.5. The molecule has 3 aromatic rings.